The van der Waals surface area contributed by atoms with Crippen molar-refractivity contribution in [1.82, 2.24) is 9.97 Å². The van der Waals surface area contributed by atoms with E-state index in [0.717, 1.165) is 42.9 Å². The highest BCUT2D eigenvalue weighted by molar-refractivity contribution is 5.50. The molecule has 1 aromatic heterocycles. The van der Waals surface area contributed by atoms with Crippen LogP contribution in [0.2, 0.25) is 0 Å². The third kappa shape index (κ3) is 3.37. The highest BCUT2D eigenvalue weighted by Gasteiger charge is 2.24. The number of hydrogen-bond acceptors (Lipinski definition) is 4. The lowest BCUT2D eigenvalue weighted by molar-refractivity contribution is 0.388. The molecule has 4 heteroatoms. The van der Waals surface area contributed by atoms with Gasteiger partial charge in [0.05, 0.1) is 0 Å². The minimum absolute atomic E-state index is 0.574. The standard InChI is InChI=1S/C15H26N4/c1-5-13-17-14(16-6-2)9-15(18-13)19-10-11(3)7-8-12(19)4/h9,11-12H,5-8,10H2,1-4H3,(H,16,17,18). The number of hydrogen-bond donors (Lipinski definition) is 1. The van der Waals surface area contributed by atoms with Crippen LogP contribution in [0.1, 0.15) is 46.4 Å². The maximum atomic E-state index is 4.72. The van der Waals surface area contributed by atoms with Crippen LogP contribution in [0.4, 0.5) is 11.6 Å². The van der Waals surface area contributed by atoms with Crippen LogP contribution in [0, 0.1) is 5.92 Å². The van der Waals surface area contributed by atoms with E-state index < -0.39 is 0 Å². The minimum Gasteiger partial charge on any atom is -0.370 e. The van der Waals surface area contributed by atoms with E-state index in [9.17, 15) is 0 Å². The van der Waals surface area contributed by atoms with Crippen LogP contribution in [0.5, 0.6) is 0 Å². The van der Waals surface area contributed by atoms with Crippen molar-refractivity contribution in [3.8, 4) is 0 Å². The van der Waals surface area contributed by atoms with E-state index in [1.165, 1.54) is 12.8 Å². The first kappa shape index (κ1) is 14.1. The number of aromatic nitrogens is 2. The van der Waals surface area contributed by atoms with E-state index in [2.05, 4.69) is 49.0 Å². The van der Waals surface area contributed by atoms with E-state index in [1.807, 2.05) is 0 Å². The molecule has 2 unspecified atom stereocenters. The fourth-order valence-electron chi connectivity index (χ4n) is 2.67. The van der Waals surface area contributed by atoms with Crippen molar-refractivity contribution in [2.24, 2.45) is 5.92 Å². The van der Waals surface area contributed by atoms with E-state index in [0.29, 0.717) is 6.04 Å². The Kier molecular flexibility index (Phi) is 4.61. The third-order valence-corrected chi connectivity index (χ3v) is 3.84. The Labute approximate surface area is 116 Å². The van der Waals surface area contributed by atoms with Gasteiger partial charge in [-0.3, -0.25) is 0 Å². The van der Waals surface area contributed by atoms with Gasteiger partial charge in [-0.15, -0.1) is 0 Å². The van der Waals surface area contributed by atoms with E-state index >= 15 is 0 Å². The van der Waals surface area contributed by atoms with Gasteiger partial charge in [0, 0.05) is 31.6 Å². The molecule has 1 aliphatic rings. The Balaban J connectivity index is 2.28. The van der Waals surface area contributed by atoms with Gasteiger partial charge in [0.15, 0.2) is 0 Å². The average Bonchev–Trinajstić information content (AvgIpc) is 2.41. The Morgan fingerprint density at radius 3 is 2.74 bits per heavy atom. The molecule has 4 nitrogen and oxygen atoms in total. The SMILES string of the molecule is CCNc1cc(N2CC(C)CCC2C)nc(CC)n1. The van der Waals surface area contributed by atoms with Crippen molar-refractivity contribution in [1.29, 1.82) is 0 Å². The molecule has 0 aliphatic carbocycles. The molecule has 2 rings (SSSR count). The second-order valence-corrected chi connectivity index (χ2v) is 5.60. The Morgan fingerprint density at radius 1 is 1.26 bits per heavy atom. The van der Waals surface area contributed by atoms with Crippen molar-refractivity contribution in [3.63, 3.8) is 0 Å². The summed E-state index contributed by atoms with van der Waals surface area (Å²) in [7, 11) is 0. The zero-order valence-corrected chi connectivity index (χ0v) is 12.6. The fraction of sp³-hybridized carbons (Fsp3) is 0.733. The van der Waals surface area contributed by atoms with E-state index in [1.54, 1.807) is 0 Å². The first-order valence-electron chi connectivity index (χ1n) is 7.52. The van der Waals surface area contributed by atoms with Crippen molar-refractivity contribution in [2.45, 2.75) is 53.0 Å². The van der Waals surface area contributed by atoms with Gasteiger partial charge < -0.3 is 10.2 Å². The van der Waals surface area contributed by atoms with Gasteiger partial charge in [-0.2, -0.15) is 0 Å². The molecule has 1 aliphatic heterocycles. The summed E-state index contributed by atoms with van der Waals surface area (Å²) in [6.07, 6.45) is 3.45. The zero-order chi connectivity index (χ0) is 13.8. The predicted octanol–water partition coefficient (Wildman–Crippen LogP) is 3.10. The maximum Gasteiger partial charge on any atom is 0.134 e. The van der Waals surface area contributed by atoms with Crippen molar-refractivity contribution >= 4 is 11.6 Å². The van der Waals surface area contributed by atoms with Crippen LogP contribution in [-0.4, -0.2) is 29.1 Å². The number of rotatable bonds is 4. The molecule has 0 saturated carbocycles. The number of nitrogens with one attached hydrogen (secondary N) is 1. The number of aryl methyl sites for hydroxylation is 1. The molecule has 1 saturated heterocycles. The lowest BCUT2D eigenvalue weighted by atomic mass is 9.95. The Bertz CT molecular complexity index is 419. The highest BCUT2D eigenvalue weighted by Crippen LogP contribution is 2.27. The summed E-state index contributed by atoms with van der Waals surface area (Å²) < 4.78 is 0. The summed E-state index contributed by atoms with van der Waals surface area (Å²) in [4.78, 5) is 11.7. The van der Waals surface area contributed by atoms with Crippen LogP contribution >= 0.6 is 0 Å². The molecule has 0 bridgehead atoms. The second-order valence-electron chi connectivity index (χ2n) is 5.60. The third-order valence-electron chi connectivity index (χ3n) is 3.84. The molecule has 1 aromatic rings. The predicted molar refractivity (Wildman–Crippen MR) is 80.8 cm³/mol. The van der Waals surface area contributed by atoms with Gasteiger partial charge in [0.1, 0.15) is 17.5 Å². The lowest BCUT2D eigenvalue weighted by Gasteiger charge is -2.37. The second kappa shape index (κ2) is 6.22. The molecule has 106 valence electrons. The van der Waals surface area contributed by atoms with Gasteiger partial charge in [-0.05, 0) is 32.6 Å². The van der Waals surface area contributed by atoms with Crippen LogP contribution in [0.3, 0.4) is 0 Å². The van der Waals surface area contributed by atoms with Gasteiger partial charge in [-0.1, -0.05) is 13.8 Å². The summed E-state index contributed by atoms with van der Waals surface area (Å²) in [5, 5.41) is 3.31. The molecule has 0 amide bonds. The van der Waals surface area contributed by atoms with E-state index in [-0.39, 0.29) is 0 Å². The molecular formula is C15H26N4. The van der Waals surface area contributed by atoms with Crippen LogP contribution in [-0.2, 0) is 6.42 Å². The Morgan fingerprint density at radius 2 is 2.05 bits per heavy atom. The van der Waals surface area contributed by atoms with Crippen LogP contribution in [0.25, 0.3) is 0 Å². The van der Waals surface area contributed by atoms with Crippen LogP contribution < -0.4 is 10.2 Å². The number of anilines is 2. The van der Waals surface area contributed by atoms with Gasteiger partial charge >= 0.3 is 0 Å². The van der Waals surface area contributed by atoms with Crippen molar-refractivity contribution < 1.29 is 0 Å². The Hall–Kier alpha value is -1.32. The average molecular weight is 262 g/mol. The topological polar surface area (TPSA) is 41.0 Å². The summed E-state index contributed by atoms with van der Waals surface area (Å²) in [5.74, 6) is 3.72. The quantitative estimate of drug-likeness (QED) is 0.905. The number of nitrogens with zero attached hydrogens (tertiary/aromatic N) is 3. The smallest absolute Gasteiger partial charge is 0.134 e. The molecule has 1 fully saturated rings. The lowest BCUT2D eigenvalue weighted by Crippen LogP contribution is -2.41. The summed E-state index contributed by atoms with van der Waals surface area (Å²) in [5.41, 5.74) is 0. The summed E-state index contributed by atoms with van der Waals surface area (Å²) in [6.45, 7) is 10.8. The monoisotopic (exact) mass is 262 g/mol. The normalized spacial score (nSPS) is 23.5. The fourth-order valence-corrected chi connectivity index (χ4v) is 2.67. The first-order chi connectivity index (χ1) is 9.13. The van der Waals surface area contributed by atoms with Crippen molar-refractivity contribution in [2.75, 3.05) is 23.3 Å². The molecule has 0 aromatic carbocycles. The molecule has 19 heavy (non-hydrogen) atoms. The van der Waals surface area contributed by atoms with Gasteiger partial charge in [0.25, 0.3) is 0 Å². The number of piperidine rings is 1. The molecule has 2 atom stereocenters. The molecule has 2 heterocycles. The summed E-state index contributed by atoms with van der Waals surface area (Å²) >= 11 is 0. The summed E-state index contributed by atoms with van der Waals surface area (Å²) in [6, 6.07) is 2.67. The molecule has 0 spiro atoms. The van der Waals surface area contributed by atoms with Crippen molar-refractivity contribution in [3.05, 3.63) is 11.9 Å². The zero-order valence-electron chi connectivity index (χ0n) is 12.6. The minimum atomic E-state index is 0.574. The first-order valence-corrected chi connectivity index (χ1v) is 7.52. The largest absolute Gasteiger partial charge is 0.370 e. The highest BCUT2D eigenvalue weighted by atomic mass is 15.2. The molecule has 1 N–H and O–H groups in total. The van der Waals surface area contributed by atoms with Gasteiger partial charge in [-0.25, -0.2) is 9.97 Å². The molecule has 0 radical (unpaired) electrons. The molecular weight excluding hydrogens is 236 g/mol. The van der Waals surface area contributed by atoms with Gasteiger partial charge in [0.2, 0.25) is 0 Å². The maximum absolute atomic E-state index is 4.72. The van der Waals surface area contributed by atoms with Crippen LogP contribution in [0.15, 0.2) is 6.07 Å². The van der Waals surface area contributed by atoms with E-state index in [4.69, 9.17) is 4.98 Å².